The SMILES string of the molecule is C[CH]CO[Si](C)(C)C(C)C. The minimum atomic E-state index is -1.33. The van der Waals surface area contributed by atoms with Gasteiger partial charge in [0.25, 0.3) is 0 Å². The molecule has 2 heteroatoms. The second-order valence-electron chi connectivity index (χ2n) is 3.48. The van der Waals surface area contributed by atoms with Crippen molar-refractivity contribution in [1.82, 2.24) is 0 Å². The molecule has 0 spiro atoms. The average Bonchev–Trinajstić information content (AvgIpc) is 1.84. The van der Waals surface area contributed by atoms with Crippen molar-refractivity contribution in [3.8, 4) is 0 Å². The minimum absolute atomic E-state index is 0.715. The summed E-state index contributed by atoms with van der Waals surface area (Å²) in [5.74, 6) is 0. The largest absolute Gasteiger partial charge is 0.417 e. The van der Waals surface area contributed by atoms with Gasteiger partial charge in [-0.3, -0.25) is 0 Å². The van der Waals surface area contributed by atoms with Crippen molar-refractivity contribution in [1.29, 1.82) is 0 Å². The molecule has 0 aliphatic heterocycles. The number of hydrogen-bond acceptors (Lipinski definition) is 1. The molecule has 0 fully saturated rings. The smallest absolute Gasteiger partial charge is 0.189 e. The Hall–Kier alpha value is 0.177. The first-order valence-corrected chi connectivity index (χ1v) is 6.91. The maximum absolute atomic E-state index is 5.72. The van der Waals surface area contributed by atoms with Crippen LogP contribution >= 0.6 is 0 Å². The molecule has 10 heavy (non-hydrogen) atoms. The molecule has 0 amide bonds. The van der Waals surface area contributed by atoms with Gasteiger partial charge in [-0.15, -0.1) is 0 Å². The molecule has 0 heterocycles. The first-order valence-electron chi connectivity index (χ1n) is 3.92. The monoisotopic (exact) mass is 159 g/mol. The first kappa shape index (κ1) is 10.2. The first-order chi connectivity index (χ1) is 4.50. The second kappa shape index (κ2) is 4.14. The lowest BCUT2D eigenvalue weighted by Gasteiger charge is -2.26. The van der Waals surface area contributed by atoms with Gasteiger partial charge in [-0.1, -0.05) is 20.8 Å². The van der Waals surface area contributed by atoms with E-state index in [9.17, 15) is 0 Å². The van der Waals surface area contributed by atoms with Crippen molar-refractivity contribution in [3.05, 3.63) is 6.42 Å². The van der Waals surface area contributed by atoms with Crippen LogP contribution in [0.3, 0.4) is 0 Å². The van der Waals surface area contributed by atoms with Gasteiger partial charge in [0.2, 0.25) is 0 Å². The summed E-state index contributed by atoms with van der Waals surface area (Å²) in [5, 5.41) is 0. The van der Waals surface area contributed by atoms with Gasteiger partial charge in [-0.2, -0.15) is 0 Å². The maximum atomic E-state index is 5.72. The van der Waals surface area contributed by atoms with E-state index in [1.54, 1.807) is 0 Å². The highest BCUT2D eigenvalue weighted by Gasteiger charge is 2.25. The normalized spacial score (nSPS) is 12.6. The fraction of sp³-hybridized carbons (Fsp3) is 0.875. The lowest BCUT2D eigenvalue weighted by atomic mass is 10.5. The van der Waals surface area contributed by atoms with E-state index in [1.165, 1.54) is 0 Å². The Bertz CT molecular complexity index is 89.3. The Morgan fingerprint density at radius 2 is 1.90 bits per heavy atom. The molecule has 0 aromatic heterocycles. The van der Waals surface area contributed by atoms with Gasteiger partial charge in [0, 0.05) is 6.61 Å². The van der Waals surface area contributed by atoms with Crippen molar-refractivity contribution in [2.45, 2.75) is 39.4 Å². The highest BCUT2D eigenvalue weighted by molar-refractivity contribution is 6.72. The topological polar surface area (TPSA) is 9.23 Å². The molecule has 0 aliphatic carbocycles. The third kappa shape index (κ3) is 3.37. The van der Waals surface area contributed by atoms with Gasteiger partial charge in [-0.25, -0.2) is 0 Å². The highest BCUT2D eigenvalue weighted by Crippen LogP contribution is 2.20. The van der Waals surface area contributed by atoms with Crippen molar-refractivity contribution in [2.24, 2.45) is 0 Å². The van der Waals surface area contributed by atoms with Crippen molar-refractivity contribution in [2.75, 3.05) is 6.61 Å². The van der Waals surface area contributed by atoms with Crippen LogP contribution in [0.15, 0.2) is 0 Å². The van der Waals surface area contributed by atoms with E-state index in [4.69, 9.17) is 4.43 Å². The fourth-order valence-electron chi connectivity index (χ4n) is 0.465. The molecule has 61 valence electrons. The molecule has 1 nitrogen and oxygen atoms in total. The Morgan fingerprint density at radius 3 is 2.20 bits per heavy atom. The van der Waals surface area contributed by atoms with E-state index in [0.29, 0.717) is 5.54 Å². The van der Waals surface area contributed by atoms with Crippen LogP contribution in [0.25, 0.3) is 0 Å². The zero-order valence-electron chi connectivity index (χ0n) is 7.77. The molecular formula is C8H19OSi. The molecular weight excluding hydrogens is 140 g/mol. The van der Waals surface area contributed by atoms with Gasteiger partial charge >= 0.3 is 0 Å². The summed E-state index contributed by atoms with van der Waals surface area (Å²) in [6.07, 6.45) is 2.07. The van der Waals surface area contributed by atoms with Crippen LogP contribution in [0, 0.1) is 6.42 Å². The third-order valence-electron chi connectivity index (χ3n) is 2.01. The summed E-state index contributed by atoms with van der Waals surface area (Å²) in [4.78, 5) is 0. The van der Waals surface area contributed by atoms with E-state index >= 15 is 0 Å². The summed E-state index contributed by atoms with van der Waals surface area (Å²) in [5.41, 5.74) is 0.715. The fourth-order valence-corrected chi connectivity index (χ4v) is 1.39. The van der Waals surface area contributed by atoms with Crippen molar-refractivity contribution in [3.63, 3.8) is 0 Å². The molecule has 1 radical (unpaired) electrons. The third-order valence-corrected chi connectivity index (χ3v) is 5.70. The van der Waals surface area contributed by atoms with Gasteiger partial charge in [-0.05, 0) is 25.1 Å². The summed E-state index contributed by atoms with van der Waals surface area (Å²) in [6.45, 7) is 11.9. The zero-order chi connectivity index (χ0) is 8.20. The van der Waals surface area contributed by atoms with Crippen LogP contribution in [-0.2, 0) is 4.43 Å². The van der Waals surface area contributed by atoms with Crippen LogP contribution in [0.5, 0.6) is 0 Å². The highest BCUT2D eigenvalue weighted by atomic mass is 28.4. The number of rotatable bonds is 4. The molecule has 0 saturated carbocycles. The van der Waals surface area contributed by atoms with E-state index in [-0.39, 0.29) is 0 Å². The minimum Gasteiger partial charge on any atom is -0.417 e. The Balaban J connectivity index is 3.63. The zero-order valence-corrected chi connectivity index (χ0v) is 8.77. The predicted octanol–water partition coefficient (Wildman–Crippen LogP) is 2.84. The predicted molar refractivity (Wildman–Crippen MR) is 48.5 cm³/mol. The van der Waals surface area contributed by atoms with Gasteiger partial charge in [0.05, 0.1) is 0 Å². The Morgan fingerprint density at radius 1 is 1.40 bits per heavy atom. The summed E-state index contributed by atoms with van der Waals surface area (Å²) in [6, 6.07) is 0. The van der Waals surface area contributed by atoms with Crippen LogP contribution in [0.2, 0.25) is 18.6 Å². The summed E-state index contributed by atoms with van der Waals surface area (Å²) in [7, 11) is -1.33. The molecule has 0 rings (SSSR count). The molecule has 0 aromatic rings. The van der Waals surface area contributed by atoms with E-state index < -0.39 is 8.32 Å². The van der Waals surface area contributed by atoms with Crippen LogP contribution in [0.1, 0.15) is 20.8 Å². The molecule has 0 saturated heterocycles. The lowest BCUT2D eigenvalue weighted by Crippen LogP contribution is -2.34. The summed E-state index contributed by atoms with van der Waals surface area (Å²) < 4.78 is 5.72. The summed E-state index contributed by atoms with van der Waals surface area (Å²) >= 11 is 0. The van der Waals surface area contributed by atoms with E-state index in [0.717, 1.165) is 6.61 Å². The van der Waals surface area contributed by atoms with E-state index in [1.807, 2.05) is 6.92 Å². The Labute approximate surface area is 65.9 Å². The maximum Gasteiger partial charge on any atom is 0.189 e. The second-order valence-corrected chi connectivity index (χ2v) is 8.13. The molecule has 0 bridgehead atoms. The molecule has 0 aromatic carbocycles. The molecule has 0 aliphatic rings. The standard InChI is InChI=1S/C8H19OSi/c1-6-7-9-10(4,5)8(2)3/h6,8H,7H2,1-5H3. The van der Waals surface area contributed by atoms with Crippen LogP contribution in [-0.4, -0.2) is 14.9 Å². The van der Waals surface area contributed by atoms with Crippen molar-refractivity contribution >= 4 is 8.32 Å². The molecule has 0 atom stereocenters. The quantitative estimate of drug-likeness (QED) is 0.573. The van der Waals surface area contributed by atoms with Gasteiger partial charge in [0.1, 0.15) is 0 Å². The van der Waals surface area contributed by atoms with Crippen LogP contribution < -0.4 is 0 Å². The van der Waals surface area contributed by atoms with Gasteiger partial charge in [0.15, 0.2) is 8.32 Å². The van der Waals surface area contributed by atoms with E-state index in [2.05, 4.69) is 33.4 Å². The average molecular weight is 159 g/mol. The van der Waals surface area contributed by atoms with Gasteiger partial charge < -0.3 is 4.43 Å². The van der Waals surface area contributed by atoms with Crippen LogP contribution in [0.4, 0.5) is 0 Å². The van der Waals surface area contributed by atoms with Crippen molar-refractivity contribution < 1.29 is 4.43 Å². The lowest BCUT2D eigenvalue weighted by molar-refractivity contribution is 0.332. The molecule has 0 unspecified atom stereocenters. The number of hydrogen-bond donors (Lipinski definition) is 0. The Kier molecular flexibility index (Phi) is 4.21. The molecule has 0 N–H and O–H groups in total.